The minimum absolute atomic E-state index is 0.116. The van der Waals surface area contributed by atoms with Gasteiger partial charge >= 0.3 is 0 Å². The molecule has 1 heterocycles. The van der Waals surface area contributed by atoms with E-state index in [9.17, 15) is 0 Å². The maximum atomic E-state index is 9.11. The summed E-state index contributed by atoms with van der Waals surface area (Å²) >= 11 is 0. The van der Waals surface area contributed by atoms with Crippen molar-refractivity contribution >= 4 is 5.82 Å². The van der Waals surface area contributed by atoms with Gasteiger partial charge in [-0.1, -0.05) is 0 Å². The zero-order chi connectivity index (χ0) is 10.0. The number of hydrogen-bond acceptors (Lipinski definition) is 4. The summed E-state index contributed by atoms with van der Waals surface area (Å²) in [6.45, 7) is 3.04. The van der Waals surface area contributed by atoms with Crippen LogP contribution in [0.5, 0.6) is 0 Å². The molecule has 4 heteroatoms. The van der Waals surface area contributed by atoms with Gasteiger partial charge in [-0.2, -0.15) is 5.10 Å². The fourth-order valence-corrected chi connectivity index (χ4v) is 1.40. The zero-order valence-corrected chi connectivity index (χ0v) is 8.32. The molecule has 1 aliphatic rings. The quantitative estimate of drug-likeness (QED) is 0.748. The van der Waals surface area contributed by atoms with Crippen LogP contribution in [0, 0.1) is 12.3 Å². The monoisotopic (exact) mass is 193 g/mol. The van der Waals surface area contributed by atoms with Crippen molar-refractivity contribution in [3.05, 3.63) is 17.8 Å². The molecule has 0 bridgehead atoms. The second-order valence-corrected chi connectivity index (χ2v) is 4.13. The Kier molecular flexibility index (Phi) is 2.37. The third-order valence-electron chi connectivity index (χ3n) is 2.73. The van der Waals surface area contributed by atoms with E-state index in [0.29, 0.717) is 0 Å². The standard InChI is InChI=1S/C10H15N3O/c1-8-4-9(13-12-5-8)11-6-10(7-14)2-3-10/h4-5,14H,2-3,6-7H2,1H3,(H,11,13). The van der Waals surface area contributed by atoms with Gasteiger partial charge in [-0.25, -0.2) is 0 Å². The van der Waals surface area contributed by atoms with Gasteiger partial charge in [-0.05, 0) is 31.4 Å². The van der Waals surface area contributed by atoms with Crippen molar-refractivity contribution in [2.75, 3.05) is 18.5 Å². The maximum absolute atomic E-state index is 9.11. The summed E-state index contributed by atoms with van der Waals surface area (Å²) in [6.07, 6.45) is 3.94. The number of aliphatic hydroxyl groups is 1. The molecule has 0 aliphatic heterocycles. The fraction of sp³-hybridized carbons (Fsp3) is 0.600. The highest BCUT2D eigenvalue weighted by Gasteiger charge is 2.41. The molecule has 0 spiro atoms. The molecule has 0 saturated heterocycles. The van der Waals surface area contributed by atoms with Gasteiger partial charge in [-0.3, -0.25) is 0 Å². The van der Waals surface area contributed by atoms with Crippen LogP contribution in [0.2, 0.25) is 0 Å². The summed E-state index contributed by atoms with van der Waals surface area (Å²) in [6, 6.07) is 1.96. The molecule has 0 radical (unpaired) electrons. The third kappa shape index (κ3) is 2.01. The molecular weight excluding hydrogens is 178 g/mol. The average Bonchev–Trinajstić information content (AvgIpc) is 2.96. The predicted molar refractivity (Wildman–Crippen MR) is 54.0 cm³/mol. The fourth-order valence-electron chi connectivity index (χ4n) is 1.40. The molecule has 1 aromatic heterocycles. The van der Waals surface area contributed by atoms with Crippen LogP contribution in [-0.2, 0) is 0 Å². The van der Waals surface area contributed by atoms with Crippen LogP contribution in [0.15, 0.2) is 12.3 Å². The average molecular weight is 193 g/mol. The molecule has 2 N–H and O–H groups in total. The van der Waals surface area contributed by atoms with Gasteiger partial charge in [0.15, 0.2) is 0 Å². The van der Waals surface area contributed by atoms with Gasteiger partial charge in [0.05, 0.1) is 12.8 Å². The van der Waals surface area contributed by atoms with Gasteiger partial charge in [0.1, 0.15) is 5.82 Å². The lowest BCUT2D eigenvalue weighted by Crippen LogP contribution is -2.19. The Labute approximate surface area is 83.4 Å². The Morgan fingerprint density at radius 1 is 1.57 bits per heavy atom. The second-order valence-electron chi connectivity index (χ2n) is 4.13. The largest absolute Gasteiger partial charge is 0.396 e. The Morgan fingerprint density at radius 3 is 2.93 bits per heavy atom. The van der Waals surface area contributed by atoms with Crippen molar-refractivity contribution in [3.63, 3.8) is 0 Å². The molecule has 14 heavy (non-hydrogen) atoms. The van der Waals surface area contributed by atoms with E-state index in [-0.39, 0.29) is 12.0 Å². The smallest absolute Gasteiger partial charge is 0.148 e. The summed E-state index contributed by atoms with van der Waals surface area (Å²) in [5.74, 6) is 0.796. The van der Waals surface area contributed by atoms with Gasteiger partial charge in [0, 0.05) is 12.0 Å². The van der Waals surface area contributed by atoms with Crippen molar-refractivity contribution < 1.29 is 5.11 Å². The first-order valence-corrected chi connectivity index (χ1v) is 4.88. The summed E-state index contributed by atoms with van der Waals surface area (Å²) in [4.78, 5) is 0. The van der Waals surface area contributed by atoms with Crippen LogP contribution >= 0.6 is 0 Å². The van der Waals surface area contributed by atoms with Crippen LogP contribution in [0.25, 0.3) is 0 Å². The molecule has 0 unspecified atom stereocenters. The number of aliphatic hydroxyl groups excluding tert-OH is 1. The number of rotatable bonds is 4. The first-order chi connectivity index (χ1) is 6.74. The third-order valence-corrected chi connectivity index (χ3v) is 2.73. The van der Waals surface area contributed by atoms with Gasteiger partial charge < -0.3 is 10.4 Å². The highest BCUT2D eigenvalue weighted by Crippen LogP contribution is 2.44. The summed E-state index contributed by atoms with van der Waals surface area (Å²) in [5.41, 5.74) is 1.21. The van der Waals surface area contributed by atoms with E-state index >= 15 is 0 Å². The van der Waals surface area contributed by atoms with Crippen molar-refractivity contribution in [1.29, 1.82) is 0 Å². The van der Waals surface area contributed by atoms with Crippen LogP contribution < -0.4 is 5.32 Å². The van der Waals surface area contributed by atoms with Crippen LogP contribution in [0.1, 0.15) is 18.4 Å². The minimum atomic E-state index is 0.116. The Bertz CT molecular complexity index is 323. The normalized spacial score (nSPS) is 17.9. The van der Waals surface area contributed by atoms with Crippen LogP contribution in [0.3, 0.4) is 0 Å². The predicted octanol–water partition coefficient (Wildman–Crippen LogP) is 0.969. The lowest BCUT2D eigenvalue weighted by atomic mass is 10.1. The number of nitrogens with one attached hydrogen (secondary N) is 1. The highest BCUT2D eigenvalue weighted by atomic mass is 16.3. The van der Waals surface area contributed by atoms with E-state index in [2.05, 4.69) is 15.5 Å². The van der Waals surface area contributed by atoms with Crippen molar-refractivity contribution in [3.8, 4) is 0 Å². The van der Waals surface area contributed by atoms with E-state index in [0.717, 1.165) is 30.8 Å². The minimum Gasteiger partial charge on any atom is -0.396 e. The Hall–Kier alpha value is -1.16. The van der Waals surface area contributed by atoms with Crippen molar-refractivity contribution in [1.82, 2.24) is 10.2 Å². The summed E-state index contributed by atoms with van der Waals surface area (Å²) < 4.78 is 0. The maximum Gasteiger partial charge on any atom is 0.148 e. The van der Waals surface area contributed by atoms with Gasteiger partial charge in [0.25, 0.3) is 0 Å². The first kappa shape index (κ1) is 9.40. The molecule has 76 valence electrons. The Balaban J connectivity index is 1.92. The molecule has 0 amide bonds. The van der Waals surface area contributed by atoms with Crippen LogP contribution in [0.4, 0.5) is 5.82 Å². The van der Waals surface area contributed by atoms with E-state index in [1.54, 1.807) is 6.20 Å². The molecule has 4 nitrogen and oxygen atoms in total. The SMILES string of the molecule is Cc1cnnc(NCC2(CO)CC2)c1. The van der Waals surface area contributed by atoms with Crippen molar-refractivity contribution in [2.24, 2.45) is 5.41 Å². The molecule has 2 rings (SSSR count). The summed E-state index contributed by atoms with van der Waals surface area (Å²) in [5, 5.41) is 20.1. The molecule has 0 atom stereocenters. The highest BCUT2D eigenvalue weighted by molar-refractivity contribution is 5.35. The lowest BCUT2D eigenvalue weighted by Gasteiger charge is -2.12. The lowest BCUT2D eigenvalue weighted by molar-refractivity contribution is 0.219. The van der Waals surface area contributed by atoms with Gasteiger partial charge in [-0.15, -0.1) is 5.10 Å². The molecule has 1 fully saturated rings. The molecule has 0 aromatic carbocycles. The first-order valence-electron chi connectivity index (χ1n) is 4.88. The van der Waals surface area contributed by atoms with E-state index in [1.165, 1.54) is 0 Å². The zero-order valence-electron chi connectivity index (χ0n) is 8.32. The van der Waals surface area contributed by atoms with E-state index in [1.807, 2.05) is 13.0 Å². The second kappa shape index (κ2) is 3.53. The number of hydrogen-bond donors (Lipinski definition) is 2. The molecular formula is C10H15N3O. The number of nitrogens with zero attached hydrogens (tertiary/aromatic N) is 2. The van der Waals surface area contributed by atoms with Crippen molar-refractivity contribution in [2.45, 2.75) is 19.8 Å². The number of anilines is 1. The topological polar surface area (TPSA) is 58.0 Å². The Morgan fingerprint density at radius 2 is 2.36 bits per heavy atom. The molecule has 1 aliphatic carbocycles. The van der Waals surface area contributed by atoms with E-state index < -0.39 is 0 Å². The van der Waals surface area contributed by atoms with Gasteiger partial charge in [0.2, 0.25) is 0 Å². The van der Waals surface area contributed by atoms with E-state index in [4.69, 9.17) is 5.11 Å². The molecule has 1 saturated carbocycles. The summed E-state index contributed by atoms with van der Waals surface area (Å²) in [7, 11) is 0. The molecule has 1 aromatic rings. The number of aryl methyl sites for hydroxylation is 1. The van der Waals surface area contributed by atoms with Crippen LogP contribution in [-0.4, -0.2) is 28.5 Å². The number of aromatic nitrogens is 2.